The van der Waals surface area contributed by atoms with Crippen molar-refractivity contribution in [2.75, 3.05) is 13.1 Å². The van der Waals surface area contributed by atoms with Crippen LogP contribution in [-0.2, 0) is 6.54 Å². The van der Waals surface area contributed by atoms with Crippen LogP contribution in [-0.4, -0.2) is 23.9 Å². The second-order valence-corrected chi connectivity index (χ2v) is 6.28. The average molecular weight is 340 g/mol. The van der Waals surface area contributed by atoms with E-state index in [0.29, 0.717) is 13.1 Å². The molecule has 1 aliphatic rings. The summed E-state index contributed by atoms with van der Waals surface area (Å²) >= 11 is 3.54. The molecule has 0 atom stereocenters. The summed E-state index contributed by atoms with van der Waals surface area (Å²) in [6, 6.07) is 12.4. The summed E-state index contributed by atoms with van der Waals surface area (Å²) in [5, 5.41) is 2.36. The molecule has 0 saturated carbocycles. The Morgan fingerprint density at radius 1 is 1.10 bits per heavy atom. The summed E-state index contributed by atoms with van der Waals surface area (Å²) in [4.78, 5) is 2.11. The van der Waals surface area contributed by atoms with Gasteiger partial charge in [0.15, 0.2) is 0 Å². The van der Waals surface area contributed by atoms with Gasteiger partial charge in [-0.3, -0.25) is 4.90 Å². The first-order valence-corrected chi connectivity index (χ1v) is 7.60. The predicted molar refractivity (Wildman–Crippen MR) is 81.1 cm³/mol. The molecule has 0 aliphatic carbocycles. The van der Waals surface area contributed by atoms with Gasteiger partial charge in [0.05, 0.1) is 0 Å². The molecule has 20 heavy (non-hydrogen) atoms. The zero-order valence-electron chi connectivity index (χ0n) is 11.1. The molecule has 0 radical (unpaired) electrons. The maximum absolute atomic E-state index is 13.1. The number of fused-ring (bicyclic) bond motifs is 1. The van der Waals surface area contributed by atoms with E-state index in [0.717, 1.165) is 11.0 Å². The van der Waals surface area contributed by atoms with Crippen molar-refractivity contribution in [1.82, 2.24) is 4.90 Å². The number of halogens is 3. The lowest BCUT2D eigenvalue weighted by Gasteiger charge is -2.31. The highest BCUT2D eigenvalue weighted by Crippen LogP contribution is 2.29. The molecule has 1 heterocycles. The third-order valence-corrected chi connectivity index (χ3v) is 4.58. The van der Waals surface area contributed by atoms with E-state index >= 15 is 0 Å². The van der Waals surface area contributed by atoms with Crippen LogP contribution in [0.3, 0.4) is 0 Å². The molecule has 1 aliphatic heterocycles. The standard InChI is InChI=1S/C16H16BrF2N/c17-15-3-1-2-13-10-12(4-5-14(13)15)11-20-8-6-16(18,19)7-9-20/h1-5,10H,6-9,11H2. The fourth-order valence-electron chi connectivity index (χ4n) is 2.69. The van der Waals surface area contributed by atoms with Gasteiger partial charge in [-0.1, -0.05) is 40.2 Å². The number of rotatable bonds is 2. The van der Waals surface area contributed by atoms with Gasteiger partial charge in [-0.05, 0) is 28.5 Å². The van der Waals surface area contributed by atoms with Gasteiger partial charge in [0, 0.05) is 36.9 Å². The van der Waals surface area contributed by atoms with E-state index in [4.69, 9.17) is 0 Å². The molecule has 0 aromatic heterocycles. The number of likely N-dealkylation sites (tertiary alicyclic amines) is 1. The summed E-state index contributed by atoms with van der Waals surface area (Å²) < 4.78 is 27.4. The summed E-state index contributed by atoms with van der Waals surface area (Å²) in [5.74, 6) is -2.47. The molecule has 4 heteroatoms. The van der Waals surface area contributed by atoms with Crippen LogP contribution < -0.4 is 0 Å². The Bertz CT molecular complexity index is 617. The van der Waals surface area contributed by atoms with Crippen LogP contribution in [0.2, 0.25) is 0 Å². The second kappa shape index (κ2) is 5.41. The van der Waals surface area contributed by atoms with E-state index in [1.807, 2.05) is 12.1 Å². The number of hydrogen-bond acceptors (Lipinski definition) is 1. The molecule has 3 rings (SSSR count). The van der Waals surface area contributed by atoms with Crippen LogP contribution in [0.1, 0.15) is 18.4 Å². The first kappa shape index (κ1) is 14.0. The number of nitrogens with zero attached hydrogens (tertiary/aromatic N) is 1. The minimum absolute atomic E-state index is 0.0217. The quantitative estimate of drug-likeness (QED) is 0.757. The van der Waals surface area contributed by atoms with Crippen LogP contribution in [0.25, 0.3) is 10.8 Å². The number of alkyl halides is 2. The van der Waals surface area contributed by atoms with E-state index in [9.17, 15) is 8.78 Å². The molecule has 2 aromatic carbocycles. The normalized spacial score (nSPS) is 19.4. The maximum atomic E-state index is 13.1. The summed E-state index contributed by atoms with van der Waals surface area (Å²) in [7, 11) is 0. The Hall–Kier alpha value is -1.00. The van der Waals surface area contributed by atoms with Crippen LogP contribution >= 0.6 is 15.9 Å². The molecule has 0 spiro atoms. The summed E-state index contributed by atoms with van der Waals surface area (Å²) in [6.45, 7) is 1.70. The monoisotopic (exact) mass is 339 g/mol. The fourth-order valence-corrected chi connectivity index (χ4v) is 3.20. The lowest BCUT2D eigenvalue weighted by Crippen LogP contribution is -2.38. The Labute approximate surface area is 125 Å². The maximum Gasteiger partial charge on any atom is 0.250 e. The third kappa shape index (κ3) is 3.01. The SMILES string of the molecule is FC1(F)CCN(Cc2ccc3c(Br)cccc3c2)CC1. The highest BCUT2D eigenvalue weighted by molar-refractivity contribution is 9.10. The zero-order chi connectivity index (χ0) is 14.2. The minimum atomic E-state index is -2.47. The molecule has 1 fully saturated rings. The van der Waals surface area contributed by atoms with Gasteiger partial charge in [-0.15, -0.1) is 0 Å². The van der Waals surface area contributed by atoms with Gasteiger partial charge in [-0.25, -0.2) is 8.78 Å². The van der Waals surface area contributed by atoms with Crippen LogP contribution in [0.5, 0.6) is 0 Å². The first-order chi connectivity index (χ1) is 9.53. The fraction of sp³-hybridized carbons (Fsp3) is 0.375. The van der Waals surface area contributed by atoms with Crippen molar-refractivity contribution in [1.29, 1.82) is 0 Å². The third-order valence-electron chi connectivity index (χ3n) is 3.89. The Morgan fingerprint density at radius 3 is 2.60 bits per heavy atom. The van der Waals surface area contributed by atoms with Crippen LogP contribution in [0.15, 0.2) is 40.9 Å². The Morgan fingerprint density at radius 2 is 1.85 bits per heavy atom. The number of piperidine rings is 1. The molecule has 1 saturated heterocycles. The minimum Gasteiger partial charge on any atom is -0.299 e. The highest BCUT2D eigenvalue weighted by Gasteiger charge is 2.33. The van der Waals surface area contributed by atoms with E-state index in [1.165, 1.54) is 16.3 Å². The lowest BCUT2D eigenvalue weighted by molar-refractivity contribution is -0.0566. The molecule has 1 nitrogen and oxygen atoms in total. The highest BCUT2D eigenvalue weighted by atomic mass is 79.9. The van der Waals surface area contributed by atoms with Gasteiger partial charge >= 0.3 is 0 Å². The van der Waals surface area contributed by atoms with Crippen molar-refractivity contribution < 1.29 is 8.78 Å². The number of hydrogen-bond donors (Lipinski definition) is 0. The van der Waals surface area contributed by atoms with Gasteiger partial charge in [-0.2, -0.15) is 0 Å². The van der Waals surface area contributed by atoms with Crippen molar-refractivity contribution in [3.05, 3.63) is 46.4 Å². The van der Waals surface area contributed by atoms with Crippen molar-refractivity contribution in [3.8, 4) is 0 Å². The molecule has 0 bridgehead atoms. The van der Waals surface area contributed by atoms with E-state index < -0.39 is 5.92 Å². The topological polar surface area (TPSA) is 3.24 Å². The molecule has 2 aromatic rings. The van der Waals surface area contributed by atoms with Crippen molar-refractivity contribution >= 4 is 26.7 Å². The van der Waals surface area contributed by atoms with Gasteiger partial charge < -0.3 is 0 Å². The van der Waals surface area contributed by atoms with E-state index in [1.54, 1.807) is 0 Å². The summed E-state index contributed by atoms with van der Waals surface area (Å²) in [5.41, 5.74) is 1.18. The van der Waals surface area contributed by atoms with Crippen molar-refractivity contribution in [2.24, 2.45) is 0 Å². The van der Waals surface area contributed by atoms with Gasteiger partial charge in [0.2, 0.25) is 0 Å². The lowest BCUT2D eigenvalue weighted by atomic mass is 10.0. The molecule has 106 valence electrons. The Balaban J connectivity index is 1.75. The van der Waals surface area contributed by atoms with E-state index in [2.05, 4.69) is 45.1 Å². The first-order valence-electron chi connectivity index (χ1n) is 6.81. The second-order valence-electron chi connectivity index (χ2n) is 5.43. The molecule has 0 amide bonds. The summed E-state index contributed by atoms with van der Waals surface area (Å²) in [6.07, 6.45) is -0.0434. The van der Waals surface area contributed by atoms with Gasteiger partial charge in [0.1, 0.15) is 0 Å². The molecular formula is C16H16BrF2N. The molecule has 0 unspecified atom stereocenters. The molecular weight excluding hydrogens is 324 g/mol. The average Bonchev–Trinajstić information content (AvgIpc) is 2.41. The number of benzene rings is 2. The van der Waals surface area contributed by atoms with Crippen molar-refractivity contribution in [2.45, 2.75) is 25.3 Å². The largest absolute Gasteiger partial charge is 0.299 e. The van der Waals surface area contributed by atoms with Crippen LogP contribution in [0, 0.1) is 0 Å². The molecule has 0 N–H and O–H groups in total. The zero-order valence-corrected chi connectivity index (χ0v) is 12.7. The van der Waals surface area contributed by atoms with E-state index in [-0.39, 0.29) is 12.8 Å². The smallest absolute Gasteiger partial charge is 0.250 e. The van der Waals surface area contributed by atoms with Crippen LogP contribution in [0.4, 0.5) is 8.78 Å². The Kier molecular flexibility index (Phi) is 3.78. The van der Waals surface area contributed by atoms with Gasteiger partial charge in [0.25, 0.3) is 5.92 Å². The van der Waals surface area contributed by atoms with Crippen molar-refractivity contribution in [3.63, 3.8) is 0 Å². The predicted octanol–water partition coefficient (Wildman–Crippen LogP) is 4.83.